The number of aliphatic hydroxyl groups is 1. The van der Waals surface area contributed by atoms with Gasteiger partial charge in [0.2, 0.25) is 5.91 Å². The molecule has 0 aliphatic rings. The summed E-state index contributed by atoms with van der Waals surface area (Å²) >= 11 is 0. The quantitative estimate of drug-likeness (QED) is 0.680. The molecular formula is C17H17FN4O2. The van der Waals surface area contributed by atoms with E-state index in [0.717, 1.165) is 11.3 Å². The molecule has 1 amide bonds. The lowest BCUT2D eigenvalue weighted by molar-refractivity contribution is -0.118. The van der Waals surface area contributed by atoms with E-state index in [1.165, 1.54) is 12.3 Å². The van der Waals surface area contributed by atoms with Gasteiger partial charge in [-0.25, -0.2) is 9.07 Å². The molecule has 124 valence electrons. The van der Waals surface area contributed by atoms with Crippen LogP contribution in [0.3, 0.4) is 0 Å². The van der Waals surface area contributed by atoms with Gasteiger partial charge in [0, 0.05) is 5.69 Å². The molecule has 0 saturated carbocycles. The van der Waals surface area contributed by atoms with Crippen molar-refractivity contribution < 1.29 is 14.3 Å². The van der Waals surface area contributed by atoms with Crippen molar-refractivity contribution in [2.45, 2.75) is 13.0 Å². The molecule has 24 heavy (non-hydrogen) atoms. The zero-order valence-electron chi connectivity index (χ0n) is 13.0. The molecule has 0 unspecified atom stereocenters. The number of aromatic nitrogens is 2. The highest BCUT2D eigenvalue weighted by atomic mass is 19.1. The fraction of sp³-hybridized carbons (Fsp3) is 0.176. The van der Waals surface area contributed by atoms with E-state index in [0.29, 0.717) is 10.9 Å². The van der Waals surface area contributed by atoms with Crippen LogP contribution >= 0.6 is 0 Å². The van der Waals surface area contributed by atoms with E-state index in [9.17, 15) is 9.18 Å². The molecule has 0 aliphatic heterocycles. The van der Waals surface area contributed by atoms with Crippen LogP contribution in [-0.2, 0) is 4.79 Å². The second-order valence-electron chi connectivity index (χ2n) is 5.56. The molecule has 1 aromatic heterocycles. The van der Waals surface area contributed by atoms with E-state index in [4.69, 9.17) is 10.8 Å². The minimum Gasteiger partial charge on any atom is -0.394 e. The number of benzene rings is 2. The lowest BCUT2D eigenvalue weighted by Gasteiger charge is -2.11. The summed E-state index contributed by atoms with van der Waals surface area (Å²) in [6.45, 7) is 1.47. The van der Waals surface area contributed by atoms with Crippen LogP contribution in [0.4, 0.5) is 10.1 Å². The Hall–Kier alpha value is -2.77. The number of aliphatic hydroxyl groups excluding tert-OH is 1. The number of nitrogens with one attached hydrogen (secondary N) is 1. The summed E-state index contributed by atoms with van der Waals surface area (Å²) in [5, 5.41) is 16.0. The predicted molar refractivity (Wildman–Crippen MR) is 89.5 cm³/mol. The van der Waals surface area contributed by atoms with Crippen molar-refractivity contribution in [3.63, 3.8) is 0 Å². The standard InChI is InChI=1S/C17H17FN4O2/c1-10-3-2-4-12(5-10)22-16-7-11(21-17(24)15(19)9-23)6-14(18)13(16)8-20-22/h2-8,15,23H,9,19H2,1H3,(H,21,24)/t15-/m0/s1. The summed E-state index contributed by atoms with van der Waals surface area (Å²) in [4.78, 5) is 11.8. The lowest BCUT2D eigenvalue weighted by atomic mass is 10.2. The van der Waals surface area contributed by atoms with Crippen LogP contribution in [0.5, 0.6) is 0 Å². The highest BCUT2D eigenvalue weighted by molar-refractivity contribution is 5.97. The van der Waals surface area contributed by atoms with Gasteiger partial charge in [-0.15, -0.1) is 0 Å². The Balaban J connectivity index is 2.06. The van der Waals surface area contributed by atoms with E-state index >= 15 is 0 Å². The molecular weight excluding hydrogens is 311 g/mol. The van der Waals surface area contributed by atoms with Crippen LogP contribution in [0.2, 0.25) is 0 Å². The molecule has 3 rings (SSSR count). The first kappa shape index (κ1) is 16.1. The number of carbonyl (C=O) groups is 1. The van der Waals surface area contributed by atoms with Gasteiger partial charge < -0.3 is 16.2 Å². The van der Waals surface area contributed by atoms with Crippen LogP contribution in [0.25, 0.3) is 16.6 Å². The van der Waals surface area contributed by atoms with Gasteiger partial charge in [0.05, 0.1) is 29.4 Å². The molecule has 0 radical (unpaired) electrons. The van der Waals surface area contributed by atoms with E-state index in [1.54, 1.807) is 10.7 Å². The van der Waals surface area contributed by atoms with Gasteiger partial charge >= 0.3 is 0 Å². The minimum absolute atomic E-state index is 0.253. The summed E-state index contributed by atoms with van der Waals surface area (Å²) in [5.41, 5.74) is 8.08. The third-order valence-corrected chi connectivity index (χ3v) is 3.69. The van der Waals surface area contributed by atoms with Gasteiger partial charge in [-0.3, -0.25) is 4.79 Å². The maximum absolute atomic E-state index is 14.3. The van der Waals surface area contributed by atoms with Crippen molar-refractivity contribution in [1.29, 1.82) is 0 Å². The number of nitrogens with two attached hydrogens (primary N) is 1. The van der Waals surface area contributed by atoms with Crippen molar-refractivity contribution in [2.75, 3.05) is 11.9 Å². The SMILES string of the molecule is Cc1cccc(-n2ncc3c(F)cc(NC(=O)[C@@H](N)CO)cc32)c1. The zero-order valence-corrected chi connectivity index (χ0v) is 13.0. The van der Waals surface area contributed by atoms with E-state index < -0.39 is 24.4 Å². The Morgan fingerprint density at radius 2 is 2.21 bits per heavy atom. The molecule has 0 bridgehead atoms. The first-order valence-electron chi connectivity index (χ1n) is 7.41. The largest absolute Gasteiger partial charge is 0.394 e. The summed E-state index contributed by atoms with van der Waals surface area (Å²) in [5.74, 6) is -1.09. The van der Waals surface area contributed by atoms with Gasteiger partial charge in [-0.2, -0.15) is 5.10 Å². The van der Waals surface area contributed by atoms with Crippen LogP contribution < -0.4 is 11.1 Å². The normalized spacial score (nSPS) is 12.3. The third kappa shape index (κ3) is 2.99. The Bertz CT molecular complexity index is 907. The number of rotatable bonds is 4. The average molecular weight is 328 g/mol. The number of fused-ring (bicyclic) bond motifs is 1. The number of halogens is 1. The van der Waals surface area contributed by atoms with Crippen molar-refractivity contribution in [1.82, 2.24) is 9.78 Å². The smallest absolute Gasteiger partial charge is 0.243 e. The number of aryl methyl sites for hydroxylation is 1. The summed E-state index contributed by atoms with van der Waals surface area (Å²) < 4.78 is 15.9. The average Bonchev–Trinajstić information content (AvgIpc) is 2.98. The molecule has 3 aromatic rings. The number of hydrogen-bond donors (Lipinski definition) is 3. The number of carbonyl (C=O) groups excluding carboxylic acids is 1. The number of hydrogen-bond acceptors (Lipinski definition) is 4. The van der Waals surface area contributed by atoms with Crippen LogP contribution in [0.15, 0.2) is 42.6 Å². The Kier molecular flexibility index (Phi) is 4.28. The van der Waals surface area contributed by atoms with E-state index in [-0.39, 0.29) is 5.69 Å². The summed E-state index contributed by atoms with van der Waals surface area (Å²) in [6.07, 6.45) is 1.44. The molecule has 0 spiro atoms. The molecule has 2 aromatic carbocycles. The van der Waals surface area contributed by atoms with E-state index in [2.05, 4.69) is 10.4 Å². The number of anilines is 1. The molecule has 0 fully saturated rings. The van der Waals surface area contributed by atoms with Crippen molar-refractivity contribution >= 4 is 22.5 Å². The Morgan fingerprint density at radius 1 is 1.42 bits per heavy atom. The Labute approximate surface area is 137 Å². The monoisotopic (exact) mass is 328 g/mol. The van der Waals surface area contributed by atoms with Gasteiger partial charge in [0.25, 0.3) is 0 Å². The van der Waals surface area contributed by atoms with E-state index in [1.807, 2.05) is 31.2 Å². The highest BCUT2D eigenvalue weighted by Gasteiger charge is 2.15. The molecule has 7 heteroatoms. The van der Waals surface area contributed by atoms with Gasteiger partial charge in [-0.05, 0) is 36.8 Å². The second kappa shape index (κ2) is 6.38. The van der Waals surface area contributed by atoms with Crippen molar-refractivity contribution in [3.05, 3.63) is 54.0 Å². The second-order valence-corrected chi connectivity index (χ2v) is 5.56. The summed E-state index contributed by atoms with van der Waals surface area (Å²) in [7, 11) is 0. The van der Waals surface area contributed by atoms with Crippen LogP contribution in [0, 0.1) is 12.7 Å². The molecule has 6 nitrogen and oxygen atoms in total. The maximum Gasteiger partial charge on any atom is 0.243 e. The predicted octanol–water partition coefficient (Wildman–Crippen LogP) is 1.73. The van der Waals surface area contributed by atoms with Crippen molar-refractivity contribution in [2.24, 2.45) is 5.73 Å². The van der Waals surface area contributed by atoms with Crippen LogP contribution in [-0.4, -0.2) is 33.4 Å². The third-order valence-electron chi connectivity index (χ3n) is 3.69. The van der Waals surface area contributed by atoms with Gasteiger partial charge in [0.15, 0.2) is 0 Å². The molecule has 4 N–H and O–H groups in total. The zero-order chi connectivity index (χ0) is 17.3. The minimum atomic E-state index is -1.06. The summed E-state index contributed by atoms with van der Waals surface area (Å²) in [6, 6.07) is 9.40. The van der Waals surface area contributed by atoms with Crippen LogP contribution in [0.1, 0.15) is 5.56 Å². The first-order chi connectivity index (χ1) is 11.5. The maximum atomic E-state index is 14.3. The van der Waals surface area contributed by atoms with Crippen molar-refractivity contribution in [3.8, 4) is 5.69 Å². The Morgan fingerprint density at radius 3 is 2.92 bits per heavy atom. The molecule has 0 saturated heterocycles. The number of nitrogens with zero attached hydrogens (tertiary/aromatic N) is 2. The highest BCUT2D eigenvalue weighted by Crippen LogP contribution is 2.25. The lowest BCUT2D eigenvalue weighted by Crippen LogP contribution is -2.38. The van der Waals surface area contributed by atoms with Gasteiger partial charge in [0.1, 0.15) is 11.9 Å². The van der Waals surface area contributed by atoms with Gasteiger partial charge in [-0.1, -0.05) is 12.1 Å². The number of amides is 1. The topological polar surface area (TPSA) is 93.2 Å². The fourth-order valence-electron chi connectivity index (χ4n) is 2.44. The molecule has 1 heterocycles. The fourth-order valence-corrected chi connectivity index (χ4v) is 2.44. The molecule has 0 aliphatic carbocycles. The molecule has 1 atom stereocenters. The first-order valence-corrected chi connectivity index (χ1v) is 7.41.